The summed E-state index contributed by atoms with van der Waals surface area (Å²) in [6.07, 6.45) is 0. The van der Waals surface area contributed by atoms with Crippen LogP contribution in [0.2, 0.25) is 0 Å². The Hall–Kier alpha value is -3.20. The Bertz CT molecular complexity index is 865. The van der Waals surface area contributed by atoms with Crippen molar-refractivity contribution < 1.29 is 14.3 Å². The molecular weight excluding hydrogens is 300 g/mol. The van der Waals surface area contributed by atoms with Gasteiger partial charge < -0.3 is 4.74 Å². The molecule has 0 heterocycles. The van der Waals surface area contributed by atoms with Gasteiger partial charge in [-0.25, -0.2) is 4.79 Å². The van der Waals surface area contributed by atoms with E-state index in [1.807, 2.05) is 25.1 Å². The normalized spacial score (nSPS) is 10.2. The van der Waals surface area contributed by atoms with Gasteiger partial charge in [-0.05, 0) is 31.2 Å². The van der Waals surface area contributed by atoms with Crippen molar-refractivity contribution in [3.05, 3.63) is 101 Å². The van der Waals surface area contributed by atoms with Crippen LogP contribution in [0.3, 0.4) is 0 Å². The summed E-state index contributed by atoms with van der Waals surface area (Å²) in [7, 11) is 0. The minimum atomic E-state index is -0.486. The van der Waals surface area contributed by atoms with E-state index in [1.54, 1.807) is 60.7 Å². The Morgan fingerprint density at radius 3 is 2.04 bits per heavy atom. The van der Waals surface area contributed by atoms with Crippen LogP contribution in [0.15, 0.2) is 78.9 Å². The molecule has 0 spiro atoms. The molecule has 0 radical (unpaired) electrons. The third-order valence-electron chi connectivity index (χ3n) is 3.66. The first kappa shape index (κ1) is 15.7. The van der Waals surface area contributed by atoms with Crippen molar-refractivity contribution in [2.75, 3.05) is 0 Å². The minimum absolute atomic E-state index is 0.175. The lowest BCUT2D eigenvalue weighted by molar-refractivity contribution is 0.0733. The molecule has 3 aromatic carbocycles. The van der Waals surface area contributed by atoms with Crippen LogP contribution in [-0.4, -0.2) is 11.8 Å². The lowest BCUT2D eigenvalue weighted by Crippen LogP contribution is -2.12. The summed E-state index contributed by atoms with van der Waals surface area (Å²) in [5.74, 6) is -0.400. The van der Waals surface area contributed by atoms with Gasteiger partial charge in [-0.2, -0.15) is 0 Å². The number of ketones is 1. The number of carbonyl (C=O) groups excluding carboxylic acids is 2. The summed E-state index contributed by atoms with van der Waals surface area (Å²) in [5, 5.41) is 0. The summed E-state index contributed by atoms with van der Waals surface area (Å²) in [5.41, 5.74) is 2.44. The Balaban J connectivity index is 1.89. The molecule has 0 aromatic heterocycles. The third-order valence-corrected chi connectivity index (χ3v) is 3.66. The van der Waals surface area contributed by atoms with Crippen molar-refractivity contribution in [2.24, 2.45) is 0 Å². The Labute approximate surface area is 140 Å². The summed E-state index contributed by atoms with van der Waals surface area (Å²) >= 11 is 0. The van der Waals surface area contributed by atoms with Crippen molar-refractivity contribution in [1.29, 1.82) is 0 Å². The standard InChI is InChI=1S/C21H16O3/c1-15-11-13-16(14-12-15)20(22)18-9-5-6-10-19(18)24-21(23)17-7-3-2-4-8-17/h2-14H,1H3. The van der Waals surface area contributed by atoms with E-state index in [4.69, 9.17) is 4.74 Å². The van der Waals surface area contributed by atoms with Gasteiger partial charge in [0, 0.05) is 5.56 Å². The maximum absolute atomic E-state index is 12.7. The topological polar surface area (TPSA) is 43.4 Å². The van der Waals surface area contributed by atoms with Gasteiger partial charge in [-0.15, -0.1) is 0 Å². The molecule has 0 fully saturated rings. The van der Waals surface area contributed by atoms with Gasteiger partial charge in [-0.3, -0.25) is 4.79 Å². The monoisotopic (exact) mass is 316 g/mol. The first-order chi connectivity index (χ1) is 11.6. The lowest BCUT2D eigenvalue weighted by Gasteiger charge is -2.09. The Kier molecular flexibility index (Phi) is 4.52. The molecule has 0 aliphatic rings. The van der Waals surface area contributed by atoms with Gasteiger partial charge in [0.05, 0.1) is 11.1 Å². The van der Waals surface area contributed by atoms with E-state index in [-0.39, 0.29) is 11.5 Å². The van der Waals surface area contributed by atoms with Gasteiger partial charge in [-0.1, -0.05) is 60.2 Å². The van der Waals surface area contributed by atoms with Crippen molar-refractivity contribution >= 4 is 11.8 Å². The van der Waals surface area contributed by atoms with Crippen molar-refractivity contribution in [1.82, 2.24) is 0 Å². The number of aryl methyl sites for hydroxylation is 1. The molecule has 0 aliphatic heterocycles. The van der Waals surface area contributed by atoms with Gasteiger partial charge in [0.2, 0.25) is 0 Å². The van der Waals surface area contributed by atoms with Crippen molar-refractivity contribution in [2.45, 2.75) is 6.92 Å². The molecule has 3 rings (SSSR count). The Morgan fingerprint density at radius 1 is 0.708 bits per heavy atom. The molecule has 0 saturated heterocycles. The number of hydrogen-bond donors (Lipinski definition) is 0. The van der Waals surface area contributed by atoms with E-state index in [0.717, 1.165) is 5.56 Å². The van der Waals surface area contributed by atoms with Crippen molar-refractivity contribution in [3.8, 4) is 5.75 Å². The number of hydrogen-bond acceptors (Lipinski definition) is 3. The van der Waals surface area contributed by atoms with Crippen LogP contribution >= 0.6 is 0 Å². The second-order valence-corrected chi connectivity index (χ2v) is 5.45. The van der Waals surface area contributed by atoms with Crippen molar-refractivity contribution in [3.63, 3.8) is 0 Å². The molecule has 3 heteroatoms. The van der Waals surface area contributed by atoms with Crippen LogP contribution in [0.1, 0.15) is 31.8 Å². The molecule has 0 atom stereocenters. The van der Waals surface area contributed by atoms with E-state index >= 15 is 0 Å². The number of rotatable bonds is 4. The van der Waals surface area contributed by atoms with Crippen LogP contribution in [0.25, 0.3) is 0 Å². The highest BCUT2D eigenvalue weighted by molar-refractivity contribution is 6.11. The first-order valence-electron chi connectivity index (χ1n) is 7.63. The maximum Gasteiger partial charge on any atom is 0.343 e. The summed E-state index contributed by atoms with van der Waals surface area (Å²) in [4.78, 5) is 24.9. The summed E-state index contributed by atoms with van der Waals surface area (Å²) < 4.78 is 5.44. The van der Waals surface area contributed by atoms with E-state index in [9.17, 15) is 9.59 Å². The zero-order valence-corrected chi connectivity index (χ0v) is 13.2. The number of carbonyl (C=O) groups is 2. The van der Waals surface area contributed by atoms with Crippen LogP contribution < -0.4 is 4.74 Å². The Morgan fingerprint density at radius 2 is 1.33 bits per heavy atom. The van der Waals surface area contributed by atoms with Gasteiger partial charge >= 0.3 is 5.97 Å². The van der Waals surface area contributed by atoms with Crippen LogP contribution in [0, 0.1) is 6.92 Å². The second-order valence-electron chi connectivity index (χ2n) is 5.45. The van der Waals surface area contributed by atoms with Crippen LogP contribution in [-0.2, 0) is 0 Å². The van der Waals surface area contributed by atoms with Gasteiger partial charge in [0.15, 0.2) is 5.78 Å². The maximum atomic E-state index is 12.7. The molecule has 0 unspecified atom stereocenters. The molecule has 0 aliphatic carbocycles. The third kappa shape index (κ3) is 3.41. The highest BCUT2D eigenvalue weighted by atomic mass is 16.5. The molecule has 118 valence electrons. The predicted octanol–water partition coefficient (Wildman–Crippen LogP) is 4.45. The molecule has 0 saturated carbocycles. The van der Waals surface area contributed by atoms with Crippen LogP contribution in [0.4, 0.5) is 0 Å². The molecule has 24 heavy (non-hydrogen) atoms. The summed E-state index contributed by atoms with van der Waals surface area (Å²) in [6, 6.07) is 22.8. The fourth-order valence-corrected chi connectivity index (χ4v) is 2.34. The number of benzene rings is 3. The average molecular weight is 316 g/mol. The number of esters is 1. The molecule has 0 N–H and O–H groups in total. The fraction of sp³-hybridized carbons (Fsp3) is 0.0476. The zero-order valence-electron chi connectivity index (χ0n) is 13.2. The van der Waals surface area contributed by atoms with E-state index in [0.29, 0.717) is 16.7 Å². The molecule has 0 amide bonds. The van der Waals surface area contributed by atoms with Gasteiger partial charge in [0.1, 0.15) is 5.75 Å². The summed E-state index contributed by atoms with van der Waals surface area (Å²) in [6.45, 7) is 1.96. The number of ether oxygens (including phenoxy) is 1. The lowest BCUT2D eigenvalue weighted by atomic mass is 10.0. The predicted molar refractivity (Wildman–Crippen MR) is 92.5 cm³/mol. The molecule has 0 bridgehead atoms. The van der Waals surface area contributed by atoms with E-state index in [1.165, 1.54) is 0 Å². The largest absolute Gasteiger partial charge is 0.422 e. The highest BCUT2D eigenvalue weighted by Gasteiger charge is 2.17. The van der Waals surface area contributed by atoms with Crippen LogP contribution in [0.5, 0.6) is 5.75 Å². The molecule has 3 nitrogen and oxygen atoms in total. The molecule has 3 aromatic rings. The minimum Gasteiger partial charge on any atom is -0.422 e. The van der Waals surface area contributed by atoms with Gasteiger partial charge in [0.25, 0.3) is 0 Å². The fourth-order valence-electron chi connectivity index (χ4n) is 2.34. The first-order valence-corrected chi connectivity index (χ1v) is 7.63. The number of para-hydroxylation sites is 1. The van der Waals surface area contributed by atoms with E-state index in [2.05, 4.69) is 0 Å². The zero-order chi connectivity index (χ0) is 16.9. The SMILES string of the molecule is Cc1ccc(C(=O)c2ccccc2OC(=O)c2ccccc2)cc1. The van der Waals surface area contributed by atoms with E-state index < -0.39 is 5.97 Å². The highest BCUT2D eigenvalue weighted by Crippen LogP contribution is 2.23. The molecular formula is C21H16O3. The quantitative estimate of drug-likeness (QED) is 0.406. The smallest absolute Gasteiger partial charge is 0.343 e. The second kappa shape index (κ2) is 6.92. The average Bonchev–Trinajstić information content (AvgIpc) is 2.63.